The average molecular weight is 382 g/mol. The highest BCUT2D eigenvalue weighted by Crippen LogP contribution is 2.20. The van der Waals surface area contributed by atoms with E-state index in [1.807, 2.05) is 0 Å². The Labute approximate surface area is 153 Å². The van der Waals surface area contributed by atoms with Gasteiger partial charge in [0.05, 0.1) is 10.6 Å². The summed E-state index contributed by atoms with van der Waals surface area (Å²) in [5.41, 5.74) is 1.06. The van der Waals surface area contributed by atoms with E-state index in [0.29, 0.717) is 11.4 Å². The zero-order valence-corrected chi connectivity index (χ0v) is 14.5. The number of aromatic nitrogens is 1. The molecule has 0 atom stereocenters. The maximum absolute atomic E-state index is 11.9. The van der Waals surface area contributed by atoms with Gasteiger partial charge in [0.15, 0.2) is 6.61 Å². The first-order valence-electron chi connectivity index (χ1n) is 7.01. The van der Waals surface area contributed by atoms with Crippen LogP contribution >= 0.6 is 23.2 Å². The van der Waals surface area contributed by atoms with Crippen molar-refractivity contribution in [3.8, 4) is 0 Å². The topological polar surface area (TPSA) is 97.4 Å². The summed E-state index contributed by atoms with van der Waals surface area (Å²) < 4.78 is 4.89. The molecule has 0 spiro atoms. The minimum absolute atomic E-state index is 0.0648. The number of esters is 1. The number of hydrogen-bond acceptors (Lipinski definition) is 5. The number of halogens is 2. The maximum Gasteiger partial charge on any atom is 0.340 e. The van der Waals surface area contributed by atoms with Gasteiger partial charge in [0.2, 0.25) is 5.91 Å². The number of anilines is 2. The Morgan fingerprint density at radius 1 is 1.12 bits per heavy atom. The van der Waals surface area contributed by atoms with Crippen molar-refractivity contribution in [1.82, 2.24) is 4.98 Å². The largest absolute Gasteiger partial charge is 0.452 e. The number of hydrogen-bond donors (Lipinski definition) is 2. The fourth-order valence-corrected chi connectivity index (χ4v) is 2.09. The second-order valence-corrected chi connectivity index (χ2v) is 5.65. The third kappa shape index (κ3) is 5.74. The Morgan fingerprint density at radius 2 is 1.80 bits per heavy atom. The minimum atomic E-state index is -0.756. The SMILES string of the molecule is CC(=O)Nc1cccc(NC(=O)COC(=O)c2cnc(Cl)c(Cl)c2)c1. The second kappa shape index (κ2) is 8.46. The van der Waals surface area contributed by atoms with Crippen molar-refractivity contribution in [2.24, 2.45) is 0 Å². The molecule has 1 aromatic carbocycles. The Morgan fingerprint density at radius 3 is 2.44 bits per heavy atom. The molecular formula is C16H13Cl2N3O4. The molecule has 2 amide bonds. The van der Waals surface area contributed by atoms with Crippen molar-refractivity contribution in [2.75, 3.05) is 17.2 Å². The lowest BCUT2D eigenvalue weighted by Crippen LogP contribution is -2.21. The predicted molar refractivity (Wildman–Crippen MR) is 93.9 cm³/mol. The van der Waals surface area contributed by atoms with Crippen LogP contribution in [0.5, 0.6) is 0 Å². The lowest BCUT2D eigenvalue weighted by atomic mass is 10.2. The number of benzene rings is 1. The van der Waals surface area contributed by atoms with Gasteiger partial charge in [0.1, 0.15) is 5.15 Å². The Balaban J connectivity index is 1.91. The van der Waals surface area contributed by atoms with Gasteiger partial charge in [0, 0.05) is 24.5 Å². The highest BCUT2D eigenvalue weighted by Gasteiger charge is 2.13. The van der Waals surface area contributed by atoms with E-state index in [4.69, 9.17) is 27.9 Å². The summed E-state index contributed by atoms with van der Waals surface area (Å²) in [6.07, 6.45) is 1.20. The fourth-order valence-electron chi connectivity index (χ4n) is 1.82. The Bertz CT molecular complexity index is 827. The van der Waals surface area contributed by atoms with E-state index < -0.39 is 18.5 Å². The van der Waals surface area contributed by atoms with Gasteiger partial charge in [-0.25, -0.2) is 9.78 Å². The molecule has 0 aliphatic rings. The van der Waals surface area contributed by atoms with E-state index >= 15 is 0 Å². The van der Waals surface area contributed by atoms with Crippen LogP contribution in [0.25, 0.3) is 0 Å². The third-order valence-corrected chi connectivity index (χ3v) is 3.52. The number of carbonyl (C=O) groups is 3. The normalized spacial score (nSPS) is 10.0. The molecule has 0 saturated heterocycles. The van der Waals surface area contributed by atoms with Gasteiger partial charge in [-0.1, -0.05) is 29.3 Å². The van der Waals surface area contributed by atoms with Gasteiger partial charge in [-0.15, -0.1) is 0 Å². The molecule has 0 unspecified atom stereocenters. The van der Waals surface area contributed by atoms with E-state index in [0.717, 1.165) is 0 Å². The van der Waals surface area contributed by atoms with Crippen LogP contribution in [0.4, 0.5) is 11.4 Å². The minimum Gasteiger partial charge on any atom is -0.452 e. The third-order valence-electron chi connectivity index (χ3n) is 2.83. The molecule has 25 heavy (non-hydrogen) atoms. The number of amides is 2. The van der Waals surface area contributed by atoms with Gasteiger partial charge in [-0.05, 0) is 24.3 Å². The van der Waals surface area contributed by atoms with Crippen molar-refractivity contribution in [3.63, 3.8) is 0 Å². The van der Waals surface area contributed by atoms with Gasteiger partial charge in [-0.2, -0.15) is 0 Å². The number of nitrogens with one attached hydrogen (secondary N) is 2. The number of nitrogens with zero attached hydrogens (tertiary/aromatic N) is 1. The van der Waals surface area contributed by atoms with Crippen molar-refractivity contribution < 1.29 is 19.1 Å². The van der Waals surface area contributed by atoms with Gasteiger partial charge in [-0.3, -0.25) is 9.59 Å². The van der Waals surface area contributed by atoms with E-state index in [-0.39, 0.29) is 21.6 Å². The summed E-state index contributed by atoms with van der Waals surface area (Å²) >= 11 is 11.4. The van der Waals surface area contributed by atoms with Crippen LogP contribution in [0.2, 0.25) is 10.2 Å². The van der Waals surface area contributed by atoms with Crippen LogP contribution in [0.1, 0.15) is 17.3 Å². The number of ether oxygens (including phenoxy) is 1. The smallest absolute Gasteiger partial charge is 0.340 e. The van der Waals surface area contributed by atoms with E-state index in [1.165, 1.54) is 19.2 Å². The lowest BCUT2D eigenvalue weighted by Gasteiger charge is -2.08. The van der Waals surface area contributed by atoms with Crippen LogP contribution in [0.3, 0.4) is 0 Å². The lowest BCUT2D eigenvalue weighted by molar-refractivity contribution is -0.119. The molecule has 0 radical (unpaired) electrons. The summed E-state index contributed by atoms with van der Waals surface area (Å²) in [5, 5.41) is 5.32. The van der Waals surface area contributed by atoms with Crippen LogP contribution in [-0.2, 0) is 14.3 Å². The molecule has 0 aliphatic heterocycles. The van der Waals surface area contributed by atoms with Gasteiger partial charge < -0.3 is 15.4 Å². The van der Waals surface area contributed by atoms with Crippen molar-refractivity contribution in [2.45, 2.75) is 6.92 Å². The van der Waals surface area contributed by atoms with Crippen LogP contribution in [-0.4, -0.2) is 29.4 Å². The molecule has 1 aromatic heterocycles. The van der Waals surface area contributed by atoms with E-state index in [1.54, 1.807) is 24.3 Å². The second-order valence-electron chi connectivity index (χ2n) is 4.88. The molecular weight excluding hydrogens is 369 g/mol. The number of carbonyl (C=O) groups excluding carboxylic acids is 3. The number of pyridine rings is 1. The molecule has 2 aromatic rings. The van der Waals surface area contributed by atoms with E-state index in [9.17, 15) is 14.4 Å². The predicted octanol–water partition coefficient (Wildman–Crippen LogP) is 3.14. The van der Waals surface area contributed by atoms with Crippen LogP contribution in [0, 0.1) is 0 Å². The standard InChI is InChI=1S/C16H13Cl2N3O4/c1-9(22)20-11-3-2-4-12(6-11)21-14(23)8-25-16(24)10-5-13(17)15(18)19-7-10/h2-7H,8H2,1H3,(H,20,22)(H,21,23). The first-order chi connectivity index (χ1) is 11.8. The van der Waals surface area contributed by atoms with Crippen LogP contribution in [0.15, 0.2) is 36.5 Å². The van der Waals surface area contributed by atoms with Crippen molar-refractivity contribution in [1.29, 1.82) is 0 Å². The Kier molecular flexibility index (Phi) is 6.32. The molecule has 0 bridgehead atoms. The highest BCUT2D eigenvalue weighted by molar-refractivity contribution is 6.41. The molecule has 9 heteroatoms. The maximum atomic E-state index is 11.9. The molecule has 2 rings (SSSR count). The Hall–Kier alpha value is -2.64. The molecule has 0 saturated carbocycles. The summed E-state index contributed by atoms with van der Waals surface area (Å²) in [7, 11) is 0. The first kappa shape index (κ1) is 18.7. The monoisotopic (exact) mass is 381 g/mol. The number of rotatable bonds is 5. The summed E-state index contributed by atoms with van der Waals surface area (Å²) in [5.74, 6) is -1.53. The molecule has 2 N–H and O–H groups in total. The summed E-state index contributed by atoms with van der Waals surface area (Å²) in [6, 6.07) is 7.84. The highest BCUT2D eigenvalue weighted by atomic mass is 35.5. The van der Waals surface area contributed by atoms with Gasteiger partial charge >= 0.3 is 5.97 Å². The quantitative estimate of drug-likeness (QED) is 0.612. The zero-order chi connectivity index (χ0) is 18.4. The molecule has 7 nitrogen and oxygen atoms in total. The summed E-state index contributed by atoms with van der Waals surface area (Å²) in [6.45, 7) is 0.881. The van der Waals surface area contributed by atoms with Crippen LogP contribution < -0.4 is 10.6 Å². The fraction of sp³-hybridized carbons (Fsp3) is 0.125. The molecule has 1 heterocycles. The molecule has 0 aliphatic carbocycles. The first-order valence-corrected chi connectivity index (χ1v) is 7.76. The molecule has 130 valence electrons. The van der Waals surface area contributed by atoms with Crippen molar-refractivity contribution in [3.05, 3.63) is 52.3 Å². The average Bonchev–Trinajstić information content (AvgIpc) is 2.55. The van der Waals surface area contributed by atoms with Crippen molar-refractivity contribution >= 4 is 52.4 Å². The van der Waals surface area contributed by atoms with E-state index in [2.05, 4.69) is 15.6 Å². The zero-order valence-electron chi connectivity index (χ0n) is 13.0. The molecule has 0 fully saturated rings. The van der Waals surface area contributed by atoms with Gasteiger partial charge in [0.25, 0.3) is 5.91 Å². The summed E-state index contributed by atoms with van der Waals surface area (Å²) in [4.78, 5) is 38.5.